The number of nitrogens with zero attached hydrogens (tertiary/aromatic N) is 1. The second-order valence-electron chi connectivity index (χ2n) is 6.28. The molecule has 0 aliphatic carbocycles. The predicted octanol–water partition coefficient (Wildman–Crippen LogP) is 5.32. The van der Waals surface area contributed by atoms with Crippen LogP contribution in [0.5, 0.6) is 0 Å². The summed E-state index contributed by atoms with van der Waals surface area (Å²) in [7, 11) is 0. The lowest BCUT2D eigenvalue weighted by molar-refractivity contribution is -0.384. The number of nitrogens with one attached hydrogen (secondary N) is 1. The quantitative estimate of drug-likeness (QED) is 0.297. The number of nitro groups is 1. The normalized spacial score (nSPS) is 11.1. The molecule has 0 unspecified atom stereocenters. The van der Waals surface area contributed by atoms with Gasteiger partial charge in [0.05, 0.1) is 16.2 Å². The van der Waals surface area contributed by atoms with Crippen LogP contribution in [0.3, 0.4) is 0 Å². The van der Waals surface area contributed by atoms with Crippen molar-refractivity contribution in [3.05, 3.63) is 81.1 Å². The number of ether oxygens (including phenoxy) is 1. The first-order valence-electron chi connectivity index (χ1n) is 8.73. The minimum absolute atomic E-state index is 0.125. The van der Waals surface area contributed by atoms with E-state index in [0.717, 1.165) is 6.07 Å². The summed E-state index contributed by atoms with van der Waals surface area (Å²) in [5.41, 5.74) is -1.36. The van der Waals surface area contributed by atoms with Crippen LogP contribution in [0.25, 0.3) is 11.3 Å². The Kier molecular flexibility index (Phi) is 6.49. The summed E-state index contributed by atoms with van der Waals surface area (Å²) >= 11 is 5.58. The molecule has 12 heteroatoms. The maximum absolute atomic E-state index is 13.1. The van der Waals surface area contributed by atoms with Crippen LogP contribution in [0.4, 0.5) is 24.5 Å². The van der Waals surface area contributed by atoms with Crippen molar-refractivity contribution in [2.75, 3.05) is 11.9 Å². The lowest BCUT2D eigenvalue weighted by Crippen LogP contribution is -2.22. The zero-order chi connectivity index (χ0) is 23.5. The van der Waals surface area contributed by atoms with Crippen molar-refractivity contribution in [2.24, 2.45) is 0 Å². The van der Waals surface area contributed by atoms with E-state index in [0.29, 0.717) is 11.6 Å². The minimum atomic E-state index is -4.76. The fourth-order valence-electron chi connectivity index (χ4n) is 2.60. The number of rotatable bonds is 6. The van der Waals surface area contributed by atoms with Gasteiger partial charge in [0.2, 0.25) is 5.76 Å². The Labute approximate surface area is 182 Å². The molecular formula is C20H12ClF3N2O6. The number of halogens is 4. The third-order valence-electron chi connectivity index (χ3n) is 4.07. The number of hydrogen-bond donors (Lipinski definition) is 1. The van der Waals surface area contributed by atoms with Crippen molar-refractivity contribution in [3.8, 4) is 11.3 Å². The molecule has 1 N–H and O–H groups in total. The number of furan rings is 1. The number of esters is 1. The summed E-state index contributed by atoms with van der Waals surface area (Å²) in [6, 6.07) is 10.8. The summed E-state index contributed by atoms with van der Waals surface area (Å²) in [5, 5.41) is 12.5. The molecule has 1 aromatic heterocycles. The van der Waals surface area contributed by atoms with Crippen LogP contribution in [0.15, 0.2) is 59.0 Å². The van der Waals surface area contributed by atoms with Crippen LogP contribution in [-0.4, -0.2) is 23.4 Å². The molecule has 32 heavy (non-hydrogen) atoms. The van der Waals surface area contributed by atoms with Crippen LogP contribution in [0, 0.1) is 10.1 Å². The number of hydrogen-bond acceptors (Lipinski definition) is 6. The van der Waals surface area contributed by atoms with E-state index >= 15 is 0 Å². The molecule has 3 aromatic rings. The van der Waals surface area contributed by atoms with Gasteiger partial charge in [0.1, 0.15) is 5.76 Å². The Balaban J connectivity index is 1.62. The van der Waals surface area contributed by atoms with Gasteiger partial charge < -0.3 is 14.5 Å². The highest BCUT2D eigenvalue weighted by atomic mass is 35.5. The first kappa shape index (κ1) is 22.8. The number of carbonyl (C=O) groups is 2. The summed E-state index contributed by atoms with van der Waals surface area (Å²) in [5.74, 6) is -2.09. The molecular weight excluding hydrogens is 457 g/mol. The largest absolute Gasteiger partial charge is 0.450 e. The maximum Gasteiger partial charge on any atom is 0.418 e. The van der Waals surface area contributed by atoms with Crippen LogP contribution in [0.1, 0.15) is 16.1 Å². The first-order chi connectivity index (χ1) is 15.0. The van der Waals surface area contributed by atoms with E-state index in [1.807, 2.05) is 5.32 Å². The third kappa shape index (κ3) is 5.43. The second kappa shape index (κ2) is 9.10. The average molecular weight is 469 g/mol. The Morgan fingerprint density at radius 3 is 2.41 bits per heavy atom. The molecule has 0 aliphatic heterocycles. The summed E-state index contributed by atoms with van der Waals surface area (Å²) in [4.78, 5) is 34.2. The number of alkyl halides is 3. The average Bonchev–Trinajstić information content (AvgIpc) is 3.23. The highest BCUT2D eigenvalue weighted by Crippen LogP contribution is 2.36. The zero-order valence-electron chi connectivity index (χ0n) is 15.8. The molecule has 1 heterocycles. The van der Waals surface area contributed by atoms with Crippen molar-refractivity contribution in [2.45, 2.75) is 6.18 Å². The molecule has 1 amide bonds. The lowest BCUT2D eigenvalue weighted by atomic mass is 10.1. The molecule has 0 fully saturated rings. The van der Waals surface area contributed by atoms with Gasteiger partial charge in [-0.3, -0.25) is 14.9 Å². The van der Waals surface area contributed by atoms with E-state index in [-0.39, 0.29) is 22.2 Å². The van der Waals surface area contributed by atoms with Gasteiger partial charge in [-0.2, -0.15) is 13.2 Å². The van der Waals surface area contributed by atoms with Crippen molar-refractivity contribution in [1.82, 2.24) is 0 Å². The fraction of sp³-hybridized carbons (Fsp3) is 0.100. The van der Waals surface area contributed by atoms with Gasteiger partial charge in [-0.15, -0.1) is 0 Å². The standard InChI is InChI=1S/C20H12ClF3N2O6/c21-12-3-6-15(14(9-12)20(22,23)24)25-18(27)10-31-19(28)17-8-7-16(32-17)11-1-4-13(5-2-11)26(29)30/h1-9H,10H2,(H,25,27). The number of non-ortho nitro benzene ring substituents is 1. The van der Waals surface area contributed by atoms with Gasteiger partial charge in [-0.25, -0.2) is 4.79 Å². The number of nitro benzene ring substituents is 1. The SMILES string of the molecule is O=C(COC(=O)c1ccc(-c2ccc([N+](=O)[O-])cc2)o1)Nc1ccc(Cl)cc1C(F)(F)F. The van der Waals surface area contributed by atoms with E-state index in [1.54, 1.807) is 0 Å². The van der Waals surface area contributed by atoms with E-state index in [2.05, 4.69) is 0 Å². The summed E-state index contributed by atoms with van der Waals surface area (Å²) < 4.78 is 49.3. The first-order valence-corrected chi connectivity index (χ1v) is 9.11. The molecule has 8 nitrogen and oxygen atoms in total. The molecule has 0 radical (unpaired) electrons. The molecule has 3 rings (SSSR count). The van der Waals surface area contributed by atoms with Crippen molar-refractivity contribution in [3.63, 3.8) is 0 Å². The third-order valence-corrected chi connectivity index (χ3v) is 4.30. The second-order valence-corrected chi connectivity index (χ2v) is 6.72. The van der Waals surface area contributed by atoms with E-state index < -0.39 is 40.8 Å². The smallest absolute Gasteiger partial charge is 0.418 e. The van der Waals surface area contributed by atoms with E-state index in [1.165, 1.54) is 42.5 Å². The maximum atomic E-state index is 13.1. The monoisotopic (exact) mass is 468 g/mol. The summed E-state index contributed by atoms with van der Waals surface area (Å²) in [6.07, 6.45) is -4.76. The van der Waals surface area contributed by atoms with Gasteiger partial charge >= 0.3 is 12.1 Å². The molecule has 0 saturated heterocycles. The van der Waals surface area contributed by atoms with Gasteiger partial charge in [-0.05, 0) is 42.5 Å². The molecule has 166 valence electrons. The van der Waals surface area contributed by atoms with Gasteiger partial charge in [0.25, 0.3) is 11.6 Å². The van der Waals surface area contributed by atoms with Crippen molar-refractivity contribution in [1.29, 1.82) is 0 Å². The number of amides is 1. The van der Waals surface area contributed by atoms with Crippen LogP contribution in [-0.2, 0) is 15.7 Å². The van der Waals surface area contributed by atoms with Crippen LogP contribution >= 0.6 is 11.6 Å². The molecule has 0 atom stereocenters. The summed E-state index contributed by atoms with van der Waals surface area (Å²) in [6.45, 7) is -0.869. The number of anilines is 1. The molecule has 0 spiro atoms. The molecule has 2 aromatic carbocycles. The molecule has 0 bridgehead atoms. The van der Waals surface area contributed by atoms with Gasteiger partial charge in [0.15, 0.2) is 6.61 Å². The Bertz CT molecular complexity index is 1170. The highest BCUT2D eigenvalue weighted by molar-refractivity contribution is 6.30. The predicted molar refractivity (Wildman–Crippen MR) is 106 cm³/mol. The Morgan fingerprint density at radius 2 is 1.78 bits per heavy atom. The van der Waals surface area contributed by atoms with E-state index in [9.17, 15) is 32.9 Å². The fourth-order valence-corrected chi connectivity index (χ4v) is 2.77. The van der Waals surface area contributed by atoms with E-state index in [4.69, 9.17) is 20.8 Å². The zero-order valence-corrected chi connectivity index (χ0v) is 16.6. The highest BCUT2D eigenvalue weighted by Gasteiger charge is 2.34. The van der Waals surface area contributed by atoms with Gasteiger partial charge in [0, 0.05) is 22.7 Å². The topological polar surface area (TPSA) is 112 Å². The Morgan fingerprint density at radius 1 is 1.09 bits per heavy atom. The van der Waals surface area contributed by atoms with Crippen molar-refractivity contribution >= 4 is 34.9 Å². The number of carbonyl (C=O) groups excluding carboxylic acids is 2. The molecule has 0 saturated carbocycles. The van der Waals surface area contributed by atoms with Gasteiger partial charge in [-0.1, -0.05) is 11.6 Å². The van der Waals surface area contributed by atoms with Crippen molar-refractivity contribution < 1.29 is 36.8 Å². The minimum Gasteiger partial charge on any atom is -0.450 e. The number of benzene rings is 2. The lowest BCUT2D eigenvalue weighted by Gasteiger charge is -2.14. The van der Waals surface area contributed by atoms with Crippen LogP contribution in [0.2, 0.25) is 5.02 Å². The Hall–Kier alpha value is -3.86. The molecule has 0 aliphatic rings. The van der Waals surface area contributed by atoms with Crippen LogP contribution < -0.4 is 5.32 Å².